The summed E-state index contributed by atoms with van der Waals surface area (Å²) < 4.78 is 12.4. The van der Waals surface area contributed by atoms with Crippen molar-refractivity contribution in [2.24, 2.45) is 0 Å². The van der Waals surface area contributed by atoms with Gasteiger partial charge in [-0.15, -0.1) is 0 Å². The third-order valence-corrected chi connectivity index (χ3v) is 7.32. The molecule has 0 unspecified atom stereocenters. The highest BCUT2D eigenvalue weighted by molar-refractivity contribution is 5.88. The molecule has 1 heterocycles. The summed E-state index contributed by atoms with van der Waals surface area (Å²) in [4.78, 5) is 31.5. The van der Waals surface area contributed by atoms with E-state index < -0.39 is 18.1 Å². The first kappa shape index (κ1) is 25.5. The lowest BCUT2D eigenvalue weighted by Gasteiger charge is -2.38. The normalized spacial score (nSPS) is 17.9. The molecule has 1 saturated carbocycles. The van der Waals surface area contributed by atoms with E-state index >= 15 is 0 Å². The Balaban J connectivity index is 1.46. The molecule has 0 radical (unpaired) electrons. The Labute approximate surface area is 222 Å². The Kier molecular flexibility index (Phi) is 7.71. The van der Waals surface area contributed by atoms with E-state index in [9.17, 15) is 14.7 Å². The average molecular weight is 511 g/mol. The smallest absolute Gasteiger partial charge is 0.326 e. The van der Waals surface area contributed by atoms with E-state index in [1.165, 1.54) is 4.90 Å². The van der Waals surface area contributed by atoms with Gasteiger partial charge in [0, 0.05) is 13.0 Å². The number of rotatable bonds is 8. The summed E-state index contributed by atoms with van der Waals surface area (Å²) in [5.41, 5.74) is 3.43. The van der Waals surface area contributed by atoms with E-state index in [1.807, 2.05) is 60.7 Å². The molecule has 0 aromatic heterocycles. The Hall–Kier alpha value is -4.15. The molecule has 2 aliphatic rings. The molecule has 1 aliphatic heterocycles. The van der Waals surface area contributed by atoms with Gasteiger partial charge in [0.05, 0.1) is 12.7 Å². The van der Waals surface area contributed by atoms with Gasteiger partial charge in [-0.1, -0.05) is 85.6 Å². The molecule has 0 spiro atoms. The molecule has 1 aliphatic carbocycles. The molecule has 7 nitrogen and oxygen atoms in total. The van der Waals surface area contributed by atoms with Crippen LogP contribution in [0.15, 0.2) is 72.8 Å². The lowest BCUT2D eigenvalue weighted by Crippen LogP contribution is -2.50. The fourth-order valence-corrected chi connectivity index (χ4v) is 5.33. The van der Waals surface area contributed by atoms with Crippen LogP contribution in [0.2, 0.25) is 0 Å². The maximum absolute atomic E-state index is 14.0. The number of ether oxygens (including phenoxy) is 2. The van der Waals surface area contributed by atoms with Crippen molar-refractivity contribution in [2.45, 2.75) is 63.5 Å². The Bertz CT molecular complexity index is 1330. The maximum Gasteiger partial charge on any atom is 0.326 e. The zero-order valence-corrected chi connectivity index (χ0v) is 21.1. The first-order chi connectivity index (χ1) is 18.5. The summed E-state index contributed by atoms with van der Waals surface area (Å²) in [7, 11) is 0. The number of carbonyl (C=O) groups is 2. The van der Waals surface area contributed by atoms with Gasteiger partial charge in [0.25, 0.3) is 5.91 Å². The molecule has 3 aromatic rings. The number of fused-ring (bicyclic) bond motifs is 1. The standard InChI is InChI=1S/C31H30N2O5/c1-32-26-17-16-23-19-33(30(34)28(22-12-6-3-7-13-22)38-24-14-8-9-15-24)27(31(35)36)18-25(23)29(26)37-20-21-10-4-2-5-11-21/h2-7,10-13,16-17,24,27-28H,8-9,14-15,18-20H2,(H,35,36)/t27-,28+/m0/s1. The first-order valence-corrected chi connectivity index (χ1v) is 13.0. The quantitative estimate of drug-likeness (QED) is 0.384. The monoisotopic (exact) mass is 510 g/mol. The summed E-state index contributed by atoms with van der Waals surface area (Å²) in [6, 6.07) is 21.3. The molecule has 3 aromatic carbocycles. The lowest BCUT2D eigenvalue weighted by atomic mass is 9.91. The summed E-state index contributed by atoms with van der Waals surface area (Å²) >= 11 is 0. The predicted molar refractivity (Wildman–Crippen MR) is 142 cm³/mol. The Morgan fingerprint density at radius 1 is 1.00 bits per heavy atom. The van der Waals surface area contributed by atoms with Gasteiger partial charge >= 0.3 is 5.97 Å². The minimum Gasteiger partial charge on any atom is -0.500 e. The second-order valence-corrected chi connectivity index (χ2v) is 9.80. The number of amides is 1. The number of hydrogen-bond acceptors (Lipinski definition) is 4. The second kappa shape index (κ2) is 11.5. The van der Waals surface area contributed by atoms with Crippen molar-refractivity contribution in [3.8, 4) is 5.75 Å². The lowest BCUT2D eigenvalue weighted by molar-refractivity contribution is -0.160. The molecular weight excluding hydrogens is 480 g/mol. The van der Waals surface area contributed by atoms with Crippen molar-refractivity contribution >= 4 is 17.6 Å². The van der Waals surface area contributed by atoms with E-state index in [0.717, 1.165) is 42.4 Å². The molecule has 1 N–H and O–H groups in total. The van der Waals surface area contributed by atoms with Crippen molar-refractivity contribution < 1.29 is 24.2 Å². The molecule has 1 amide bonds. The summed E-state index contributed by atoms with van der Waals surface area (Å²) in [6.45, 7) is 7.99. The van der Waals surface area contributed by atoms with Crippen LogP contribution in [0.3, 0.4) is 0 Å². The summed E-state index contributed by atoms with van der Waals surface area (Å²) in [6.07, 6.45) is 3.05. The van der Waals surface area contributed by atoms with Crippen LogP contribution >= 0.6 is 0 Å². The molecule has 194 valence electrons. The van der Waals surface area contributed by atoms with Gasteiger partial charge in [-0.3, -0.25) is 4.79 Å². The van der Waals surface area contributed by atoms with Crippen molar-refractivity contribution in [1.29, 1.82) is 0 Å². The van der Waals surface area contributed by atoms with Crippen LogP contribution in [0, 0.1) is 6.57 Å². The van der Waals surface area contributed by atoms with Crippen molar-refractivity contribution in [2.75, 3.05) is 0 Å². The van der Waals surface area contributed by atoms with Crippen LogP contribution in [0.5, 0.6) is 5.75 Å². The van der Waals surface area contributed by atoms with Gasteiger partial charge in [0.15, 0.2) is 6.10 Å². The predicted octanol–water partition coefficient (Wildman–Crippen LogP) is 5.85. The minimum absolute atomic E-state index is 0.0243. The van der Waals surface area contributed by atoms with Gasteiger partial charge in [0.1, 0.15) is 18.4 Å². The van der Waals surface area contributed by atoms with Gasteiger partial charge in [-0.25, -0.2) is 9.64 Å². The first-order valence-electron chi connectivity index (χ1n) is 13.0. The van der Waals surface area contributed by atoms with E-state index in [-0.39, 0.29) is 31.6 Å². The molecule has 5 rings (SSSR count). The molecule has 38 heavy (non-hydrogen) atoms. The minimum atomic E-state index is -1.10. The molecule has 2 atom stereocenters. The van der Waals surface area contributed by atoms with Crippen LogP contribution in [-0.2, 0) is 33.9 Å². The maximum atomic E-state index is 14.0. The van der Waals surface area contributed by atoms with Crippen molar-refractivity contribution in [3.05, 3.63) is 106 Å². The zero-order chi connectivity index (χ0) is 26.5. The van der Waals surface area contributed by atoms with Gasteiger partial charge in [-0.2, -0.15) is 0 Å². The van der Waals surface area contributed by atoms with Crippen molar-refractivity contribution in [1.82, 2.24) is 4.90 Å². The summed E-state index contributed by atoms with van der Waals surface area (Å²) in [5, 5.41) is 10.2. The number of aliphatic carboxylic acids is 1. The molecular formula is C31H30N2O5. The number of carbonyl (C=O) groups excluding carboxylic acids is 1. The number of benzene rings is 3. The zero-order valence-electron chi connectivity index (χ0n) is 21.1. The van der Waals surface area contributed by atoms with Crippen LogP contribution in [-0.4, -0.2) is 34.0 Å². The second-order valence-electron chi connectivity index (χ2n) is 9.80. The van der Waals surface area contributed by atoms with Gasteiger partial charge in [-0.05, 0) is 35.1 Å². The molecule has 0 saturated heterocycles. The van der Waals surface area contributed by atoms with E-state index in [4.69, 9.17) is 16.0 Å². The highest BCUT2D eigenvalue weighted by Crippen LogP contribution is 2.40. The molecule has 0 bridgehead atoms. The van der Waals surface area contributed by atoms with Crippen LogP contribution < -0.4 is 4.74 Å². The van der Waals surface area contributed by atoms with E-state index in [1.54, 1.807) is 12.1 Å². The van der Waals surface area contributed by atoms with Crippen LogP contribution in [0.1, 0.15) is 54.0 Å². The number of carboxylic acids is 1. The Morgan fingerprint density at radius 3 is 2.34 bits per heavy atom. The Morgan fingerprint density at radius 2 is 1.68 bits per heavy atom. The fourth-order valence-electron chi connectivity index (χ4n) is 5.33. The third kappa shape index (κ3) is 5.41. The number of carboxylic acid groups (broad SMARTS) is 1. The number of hydrogen-bond donors (Lipinski definition) is 1. The van der Waals surface area contributed by atoms with Crippen LogP contribution in [0.25, 0.3) is 4.85 Å². The average Bonchev–Trinajstić information content (AvgIpc) is 3.48. The fraction of sp³-hybridized carbons (Fsp3) is 0.323. The van der Waals surface area contributed by atoms with Gasteiger partial charge in [0.2, 0.25) is 5.69 Å². The highest BCUT2D eigenvalue weighted by Gasteiger charge is 2.40. The number of nitrogens with zero attached hydrogens (tertiary/aromatic N) is 2. The summed E-state index contributed by atoms with van der Waals surface area (Å²) in [5.74, 6) is -1.07. The topological polar surface area (TPSA) is 80.4 Å². The van der Waals surface area contributed by atoms with Crippen molar-refractivity contribution in [3.63, 3.8) is 0 Å². The molecule has 1 fully saturated rings. The SMILES string of the molecule is [C-]#[N+]c1ccc2c(c1OCc1ccccc1)C[C@@H](C(=O)O)N(C(=O)[C@H](OC1CCCC1)c1ccccc1)C2. The third-order valence-electron chi connectivity index (χ3n) is 7.32. The van der Waals surface area contributed by atoms with Gasteiger partial charge < -0.3 is 19.5 Å². The molecule has 7 heteroatoms. The van der Waals surface area contributed by atoms with Crippen LogP contribution in [0.4, 0.5) is 5.69 Å². The van der Waals surface area contributed by atoms with E-state index in [2.05, 4.69) is 4.85 Å². The largest absolute Gasteiger partial charge is 0.500 e. The van der Waals surface area contributed by atoms with E-state index in [0.29, 0.717) is 17.0 Å². The highest BCUT2D eigenvalue weighted by atomic mass is 16.5.